The second kappa shape index (κ2) is 5.83. The Balaban J connectivity index is 1.84. The fourth-order valence-electron chi connectivity index (χ4n) is 2.28. The van der Waals surface area contributed by atoms with E-state index in [1.54, 1.807) is 6.07 Å². The van der Waals surface area contributed by atoms with Gasteiger partial charge in [0.2, 0.25) is 0 Å². The summed E-state index contributed by atoms with van der Waals surface area (Å²) >= 11 is 0. The fraction of sp³-hybridized carbons (Fsp3) is 0.278. The molecular weight excluding hydrogens is 292 g/mol. The van der Waals surface area contributed by atoms with Crippen molar-refractivity contribution in [3.63, 3.8) is 0 Å². The maximum Gasteiger partial charge on any atom is 0.264 e. The van der Waals surface area contributed by atoms with Crippen molar-refractivity contribution < 1.29 is 14.1 Å². The summed E-state index contributed by atoms with van der Waals surface area (Å²) < 4.78 is 10.9. The van der Waals surface area contributed by atoms with Crippen molar-refractivity contribution in [1.82, 2.24) is 10.1 Å². The molecule has 118 valence electrons. The minimum absolute atomic E-state index is 0.127. The van der Waals surface area contributed by atoms with E-state index in [1.807, 2.05) is 51.1 Å². The van der Waals surface area contributed by atoms with E-state index in [0.717, 1.165) is 17.1 Å². The molecule has 0 unspecified atom stereocenters. The topological polar surface area (TPSA) is 65.2 Å². The van der Waals surface area contributed by atoms with Gasteiger partial charge in [0, 0.05) is 5.41 Å². The maximum absolute atomic E-state index is 11.5. The molecule has 2 aromatic carbocycles. The number of fused-ring (bicyclic) bond motifs is 1. The van der Waals surface area contributed by atoms with Crippen LogP contribution in [0.25, 0.3) is 10.8 Å². The van der Waals surface area contributed by atoms with E-state index < -0.39 is 0 Å². The minimum atomic E-state index is -0.182. The average Bonchev–Trinajstić information content (AvgIpc) is 3.01. The maximum atomic E-state index is 11.5. The lowest BCUT2D eigenvalue weighted by molar-refractivity contribution is 0.111. The molecule has 1 heterocycles. The highest BCUT2D eigenvalue weighted by Gasteiger charge is 2.21. The van der Waals surface area contributed by atoms with E-state index in [-0.39, 0.29) is 12.0 Å². The highest BCUT2D eigenvalue weighted by molar-refractivity contribution is 6.00. The van der Waals surface area contributed by atoms with Crippen LogP contribution in [-0.4, -0.2) is 16.4 Å². The summed E-state index contributed by atoms with van der Waals surface area (Å²) in [5, 5.41) is 5.81. The van der Waals surface area contributed by atoms with E-state index in [2.05, 4.69) is 10.1 Å². The Labute approximate surface area is 134 Å². The molecule has 23 heavy (non-hydrogen) atoms. The second-order valence-electron chi connectivity index (χ2n) is 6.37. The predicted molar refractivity (Wildman–Crippen MR) is 86.7 cm³/mol. The number of carbonyl (C=O) groups is 1. The van der Waals surface area contributed by atoms with Crippen LogP contribution in [0.5, 0.6) is 5.75 Å². The van der Waals surface area contributed by atoms with Crippen molar-refractivity contribution in [1.29, 1.82) is 0 Å². The predicted octanol–water partition coefficient (Wildman–Crippen LogP) is 3.91. The number of aldehydes is 1. The van der Waals surface area contributed by atoms with Crippen LogP contribution >= 0.6 is 0 Å². The standard InChI is InChI=1S/C18H18N2O3/c1-18(2,3)17-19-16(23-20-17)11-22-15-9-8-12-6-4-5-7-13(12)14(15)10-21/h4-10H,11H2,1-3H3. The Bertz CT molecular complexity index is 847. The van der Waals surface area contributed by atoms with Gasteiger partial charge in [0.05, 0.1) is 5.56 Å². The molecule has 3 rings (SSSR count). The van der Waals surface area contributed by atoms with Gasteiger partial charge in [-0.1, -0.05) is 56.3 Å². The van der Waals surface area contributed by atoms with Gasteiger partial charge in [0.1, 0.15) is 5.75 Å². The number of benzene rings is 2. The highest BCUT2D eigenvalue weighted by Crippen LogP contribution is 2.27. The summed E-state index contributed by atoms with van der Waals surface area (Å²) in [5.41, 5.74) is 0.345. The van der Waals surface area contributed by atoms with E-state index in [1.165, 1.54) is 0 Å². The molecule has 0 radical (unpaired) electrons. The molecule has 0 saturated carbocycles. The third-order valence-electron chi connectivity index (χ3n) is 3.54. The smallest absolute Gasteiger partial charge is 0.264 e. The zero-order chi connectivity index (χ0) is 16.4. The molecule has 5 heteroatoms. The quantitative estimate of drug-likeness (QED) is 0.683. The van der Waals surface area contributed by atoms with Gasteiger partial charge in [-0.2, -0.15) is 4.98 Å². The summed E-state index contributed by atoms with van der Waals surface area (Å²) in [6.07, 6.45) is 0.812. The van der Waals surface area contributed by atoms with Crippen molar-refractivity contribution in [3.05, 3.63) is 53.7 Å². The number of aromatic nitrogens is 2. The lowest BCUT2D eigenvalue weighted by Gasteiger charge is -2.11. The molecule has 1 aromatic heterocycles. The Morgan fingerprint density at radius 3 is 2.65 bits per heavy atom. The molecule has 0 aliphatic rings. The van der Waals surface area contributed by atoms with Crippen molar-refractivity contribution in [2.75, 3.05) is 0 Å². The van der Waals surface area contributed by atoms with E-state index in [4.69, 9.17) is 9.26 Å². The lowest BCUT2D eigenvalue weighted by atomic mass is 9.96. The van der Waals surface area contributed by atoms with Gasteiger partial charge >= 0.3 is 0 Å². The van der Waals surface area contributed by atoms with Gasteiger partial charge in [-0.05, 0) is 16.8 Å². The Morgan fingerprint density at radius 1 is 1.17 bits per heavy atom. The summed E-state index contributed by atoms with van der Waals surface area (Å²) in [7, 11) is 0. The molecule has 5 nitrogen and oxygen atoms in total. The third-order valence-corrected chi connectivity index (χ3v) is 3.54. The fourth-order valence-corrected chi connectivity index (χ4v) is 2.28. The van der Waals surface area contributed by atoms with Gasteiger partial charge in [-0.15, -0.1) is 0 Å². The Hall–Kier alpha value is -2.69. The molecule has 0 aliphatic carbocycles. The van der Waals surface area contributed by atoms with Gasteiger partial charge < -0.3 is 9.26 Å². The third kappa shape index (κ3) is 3.08. The van der Waals surface area contributed by atoms with Crippen LogP contribution in [0.1, 0.15) is 42.8 Å². The van der Waals surface area contributed by atoms with Crippen LogP contribution in [0.2, 0.25) is 0 Å². The van der Waals surface area contributed by atoms with E-state index in [9.17, 15) is 4.79 Å². The number of carbonyl (C=O) groups excluding carboxylic acids is 1. The van der Waals surface area contributed by atoms with Crippen LogP contribution in [0.3, 0.4) is 0 Å². The summed E-state index contributed by atoms with van der Waals surface area (Å²) in [6, 6.07) is 11.4. The number of rotatable bonds is 4. The van der Waals surface area contributed by atoms with Crippen LogP contribution in [0.15, 0.2) is 40.9 Å². The van der Waals surface area contributed by atoms with Gasteiger partial charge in [0.25, 0.3) is 5.89 Å². The van der Waals surface area contributed by atoms with Crippen molar-refractivity contribution in [3.8, 4) is 5.75 Å². The first-order valence-electron chi connectivity index (χ1n) is 7.42. The molecule has 0 atom stereocenters. The SMILES string of the molecule is CC(C)(C)c1noc(COc2ccc3ccccc3c2C=O)n1. The largest absolute Gasteiger partial charge is 0.483 e. The molecule has 3 aromatic rings. The van der Waals surface area contributed by atoms with Crippen molar-refractivity contribution in [2.24, 2.45) is 0 Å². The van der Waals surface area contributed by atoms with Crippen LogP contribution in [-0.2, 0) is 12.0 Å². The minimum Gasteiger partial charge on any atom is -0.483 e. The Morgan fingerprint density at radius 2 is 1.96 bits per heavy atom. The normalized spacial score (nSPS) is 11.6. The van der Waals surface area contributed by atoms with E-state index in [0.29, 0.717) is 23.0 Å². The van der Waals surface area contributed by atoms with E-state index >= 15 is 0 Å². The first kappa shape index (κ1) is 15.2. The first-order chi connectivity index (χ1) is 11.0. The van der Waals surface area contributed by atoms with Crippen molar-refractivity contribution >= 4 is 17.1 Å². The van der Waals surface area contributed by atoms with Crippen molar-refractivity contribution in [2.45, 2.75) is 32.8 Å². The molecule has 0 spiro atoms. The molecule has 0 N–H and O–H groups in total. The van der Waals surface area contributed by atoms with Crippen LogP contribution in [0, 0.1) is 0 Å². The number of ether oxygens (including phenoxy) is 1. The molecule has 0 amide bonds. The van der Waals surface area contributed by atoms with Gasteiger partial charge in [0.15, 0.2) is 18.7 Å². The molecule has 0 aliphatic heterocycles. The molecule has 0 fully saturated rings. The summed E-state index contributed by atoms with van der Waals surface area (Å²) in [4.78, 5) is 15.8. The summed E-state index contributed by atoms with van der Waals surface area (Å²) in [6.45, 7) is 6.16. The second-order valence-corrected chi connectivity index (χ2v) is 6.37. The number of hydrogen-bond donors (Lipinski definition) is 0. The Kier molecular flexibility index (Phi) is 3.86. The first-order valence-corrected chi connectivity index (χ1v) is 7.42. The monoisotopic (exact) mass is 310 g/mol. The van der Waals surface area contributed by atoms with Gasteiger partial charge in [-0.3, -0.25) is 4.79 Å². The number of nitrogens with zero attached hydrogens (tertiary/aromatic N) is 2. The molecule has 0 bridgehead atoms. The van der Waals surface area contributed by atoms with Crippen LogP contribution in [0.4, 0.5) is 0 Å². The zero-order valence-electron chi connectivity index (χ0n) is 13.4. The highest BCUT2D eigenvalue weighted by atomic mass is 16.5. The average molecular weight is 310 g/mol. The van der Waals surface area contributed by atoms with Gasteiger partial charge in [-0.25, -0.2) is 0 Å². The summed E-state index contributed by atoms with van der Waals surface area (Å²) in [5.74, 6) is 1.53. The lowest BCUT2D eigenvalue weighted by Crippen LogP contribution is -2.13. The molecular formula is C18H18N2O3. The number of hydrogen-bond acceptors (Lipinski definition) is 5. The van der Waals surface area contributed by atoms with Crippen LogP contribution < -0.4 is 4.74 Å². The zero-order valence-corrected chi connectivity index (χ0v) is 13.4. The molecule has 0 saturated heterocycles.